The highest BCUT2D eigenvalue weighted by Gasteiger charge is 2.20. The molecule has 1 heterocycles. The largest absolute Gasteiger partial charge is 0.486 e. The minimum absolute atomic E-state index is 0.0394. The Labute approximate surface area is 108 Å². The number of ether oxygens (including phenoxy) is 3. The molecule has 1 aromatic rings. The second-order valence-corrected chi connectivity index (χ2v) is 4.33. The molecule has 0 aliphatic carbocycles. The van der Waals surface area contributed by atoms with Gasteiger partial charge in [-0.05, 0) is 31.0 Å². The molecule has 4 heteroatoms. The Balaban J connectivity index is 2.17. The minimum atomic E-state index is -0.134. The van der Waals surface area contributed by atoms with Crippen molar-refractivity contribution < 1.29 is 14.2 Å². The summed E-state index contributed by atoms with van der Waals surface area (Å²) in [4.78, 5) is 0. The molecule has 2 unspecified atom stereocenters. The van der Waals surface area contributed by atoms with E-state index in [1.165, 1.54) is 0 Å². The van der Waals surface area contributed by atoms with E-state index < -0.39 is 0 Å². The van der Waals surface area contributed by atoms with Gasteiger partial charge >= 0.3 is 0 Å². The normalized spacial score (nSPS) is 17.3. The van der Waals surface area contributed by atoms with Gasteiger partial charge in [0.25, 0.3) is 0 Å². The first-order valence-electron chi connectivity index (χ1n) is 6.53. The maximum Gasteiger partial charge on any atom is 0.161 e. The molecule has 2 rings (SSSR count). The van der Waals surface area contributed by atoms with Crippen LogP contribution in [-0.4, -0.2) is 25.9 Å². The zero-order valence-corrected chi connectivity index (χ0v) is 11.0. The van der Waals surface area contributed by atoms with Crippen LogP contribution in [0.15, 0.2) is 18.2 Å². The number of hydrogen-bond donors (Lipinski definition) is 1. The second-order valence-electron chi connectivity index (χ2n) is 4.33. The highest BCUT2D eigenvalue weighted by atomic mass is 16.6. The first-order chi connectivity index (χ1) is 8.76. The summed E-state index contributed by atoms with van der Waals surface area (Å²) in [7, 11) is 0. The smallest absolute Gasteiger partial charge is 0.161 e. The first kappa shape index (κ1) is 13.2. The van der Waals surface area contributed by atoms with Crippen LogP contribution < -0.4 is 15.2 Å². The Hall–Kier alpha value is -1.26. The van der Waals surface area contributed by atoms with Gasteiger partial charge in [-0.1, -0.05) is 13.0 Å². The van der Waals surface area contributed by atoms with Crippen molar-refractivity contribution in [1.29, 1.82) is 0 Å². The third-order valence-electron chi connectivity index (χ3n) is 3.13. The summed E-state index contributed by atoms with van der Waals surface area (Å²) in [5.74, 6) is 1.57. The van der Waals surface area contributed by atoms with Crippen LogP contribution in [0.25, 0.3) is 0 Å². The van der Waals surface area contributed by atoms with E-state index in [1.807, 2.05) is 25.1 Å². The number of hydrogen-bond acceptors (Lipinski definition) is 4. The van der Waals surface area contributed by atoms with Crippen molar-refractivity contribution in [3.8, 4) is 11.5 Å². The second kappa shape index (κ2) is 6.07. The predicted octanol–water partition coefficient (Wildman–Crippen LogP) is 2.27. The van der Waals surface area contributed by atoms with Gasteiger partial charge in [0.05, 0.1) is 12.1 Å². The molecule has 0 spiro atoms. The van der Waals surface area contributed by atoms with Crippen molar-refractivity contribution in [2.24, 2.45) is 5.73 Å². The summed E-state index contributed by atoms with van der Waals surface area (Å²) in [6, 6.07) is 5.73. The quantitative estimate of drug-likeness (QED) is 0.872. The molecule has 1 aliphatic rings. The van der Waals surface area contributed by atoms with Crippen molar-refractivity contribution in [1.82, 2.24) is 0 Å². The van der Waals surface area contributed by atoms with Crippen LogP contribution in [0.1, 0.15) is 31.9 Å². The number of fused-ring (bicyclic) bond motifs is 1. The third kappa shape index (κ3) is 2.76. The van der Waals surface area contributed by atoms with E-state index in [0.29, 0.717) is 19.8 Å². The Morgan fingerprint density at radius 2 is 1.94 bits per heavy atom. The molecule has 1 aromatic carbocycles. The molecule has 0 saturated heterocycles. The lowest BCUT2D eigenvalue weighted by Crippen LogP contribution is -2.28. The van der Waals surface area contributed by atoms with Gasteiger partial charge in [0.15, 0.2) is 11.5 Å². The van der Waals surface area contributed by atoms with Crippen molar-refractivity contribution >= 4 is 0 Å². The van der Waals surface area contributed by atoms with E-state index in [4.69, 9.17) is 19.9 Å². The highest BCUT2D eigenvalue weighted by Crippen LogP contribution is 2.33. The fourth-order valence-electron chi connectivity index (χ4n) is 2.17. The summed E-state index contributed by atoms with van der Waals surface area (Å²) < 4.78 is 16.7. The average Bonchev–Trinajstić information content (AvgIpc) is 2.43. The minimum Gasteiger partial charge on any atom is -0.486 e. The van der Waals surface area contributed by atoms with Gasteiger partial charge in [0.2, 0.25) is 0 Å². The Morgan fingerprint density at radius 3 is 2.61 bits per heavy atom. The fourth-order valence-corrected chi connectivity index (χ4v) is 2.17. The van der Waals surface area contributed by atoms with Gasteiger partial charge in [-0.3, -0.25) is 0 Å². The standard InChI is InChI=1S/C14H21NO3/c1-3-11(16-4-2)14(15)10-5-6-12-13(9-10)18-8-7-17-12/h5-6,9,11,14H,3-4,7-8,15H2,1-2H3. The molecule has 2 N–H and O–H groups in total. The zero-order valence-electron chi connectivity index (χ0n) is 11.0. The molecule has 0 fully saturated rings. The molecule has 0 saturated carbocycles. The number of rotatable bonds is 5. The van der Waals surface area contributed by atoms with Crippen LogP contribution in [0.3, 0.4) is 0 Å². The van der Waals surface area contributed by atoms with Gasteiger partial charge < -0.3 is 19.9 Å². The van der Waals surface area contributed by atoms with E-state index in [1.54, 1.807) is 0 Å². The van der Waals surface area contributed by atoms with Gasteiger partial charge in [-0.15, -0.1) is 0 Å². The molecular weight excluding hydrogens is 230 g/mol. The van der Waals surface area contributed by atoms with Crippen LogP contribution in [-0.2, 0) is 4.74 Å². The summed E-state index contributed by atoms with van der Waals surface area (Å²) in [6.45, 7) is 5.94. The van der Waals surface area contributed by atoms with Crippen molar-refractivity contribution in [2.75, 3.05) is 19.8 Å². The van der Waals surface area contributed by atoms with Gasteiger partial charge in [-0.2, -0.15) is 0 Å². The lowest BCUT2D eigenvalue weighted by Gasteiger charge is -2.25. The van der Waals surface area contributed by atoms with Gasteiger partial charge in [-0.25, -0.2) is 0 Å². The third-order valence-corrected chi connectivity index (χ3v) is 3.13. The number of benzene rings is 1. The van der Waals surface area contributed by atoms with E-state index in [0.717, 1.165) is 23.5 Å². The summed E-state index contributed by atoms with van der Waals surface area (Å²) in [5, 5.41) is 0. The molecule has 0 bridgehead atoms. The molecule has 18 heavy (non-hydrogen) atoms. The molecule has 2 atom stereocenters. The van der Waals surface area contributed by atoms with Crippen LogP contribution in [0.4, 0.5) is 0 Å². The summed E-state index contributed by atoms with van der Waals surface area (Å²) in [5.41, 5.74) is 7.27. The lowest BCUT2D eigenvalue weighted by molar-refractivity contribution is 0.0412. The van der Waals surface area contributed by atoms with Crippen molar-refractivity contribution in [2.45, 2.75) is 32.4 Å². The van der Waals surface area contributed by atoms with Crippen molar-refractivity contribution in [3.05, 3.63) is 23.8 Å². The van der Waals surface area contributed by atoms with E-state index in [-0.39, 0.29) is 12.1 Å². The zero-order chi connectivity index (χ0) is 13.0. The Kier molecular flexibility index (Phi) is 4.44. The van der Waals surface area contributed by atoms with E-state index >= 15 is 0 Å². The van der Waals surface area contributed by atoms with E-state index in [9.17, 15) is 0 Å². The molecule has 100 valence electrons. The summed E-state index contributed by atoms with van der Waals surface area (Å²) in [6.07, 6.45) is 0.932. The van der Waals surface area contributed by atoms with Crippen LogP contribution in [0.5, 0.6) is 11.5 Å². The average molecular weight is 251 g/mol. The Bertz CT molecular complexity index is 395. The maximum atomic E-state index is 6.25. The molecule has 4 nitrogen and oxygen atoms in total. The molecule has 0 radical (unpaired) electrons. The SMILES string of the molecule is CCOC(CC)C(N)c1ccc2c(c1)OCCO2. The highest BCUT2D eigenvalue weighted by molar-refractivity contribution is 5.44. The van der Waals surface area contributed by atoms with Crippen LogP contribution in [0, 0.1) is 0 Å². The monoisotopic (exact) mass is 251 g/mol. The Morgan fingerprint density at radius 1 is 1.22 bits per heavy atom. The fraction of sp³-hybridized carbons (Fsp3) is 0.571. The summed E-state index contributed by atoms with van der Waals surface area (Å²) >= 11 is 0. The predicted molar refractivity (Wildman–Crippen MR) is 70.1 cm³/mol. The van der Waals surface area contributed by atoms with Crippen LogP contribution in [0.2, 0.25) is 0 Å². The number of nitrogens with two attached hydrogens (primary N) is 1. The van der Waals surface area contributed by atoms with Crippen LogP contribution >= 0.6 is 0 Å². The van der Waals surface area contributed by atoms with Crippen molar-refractivity contribution in [3.63, 3.8) is 0 Å². The maximum absolute atomic E-state index is 6.25. The molecular formula is C14H21NO3. The van der Waals surface area contributed by atoms with Gasteiger partial charge in [0.1, 0.15) is 13.2 Å². The molecule has 0 aromatic heterocycles. The van der Waals surface area contributed by atoms with Gasteiger partial charge in [0, 0.05) is 6.61 Å². The molecule has 1 aliphatic heterocycles. The molecule has 0 amide bonds. The first-order valence-corrected chi connectivity index (χ1v) is 6.53. The topological polar surface area (TPSA) is 53.7 Å². The van der Waals surface area contributed by atoms with E-state index in [2.05, 4.69) is 6.92 Å². The lowest BCUT2D eigenvalue weighted by atomic mass is 10.00.